The van der Waals surface area contributed by atoms with Gasteiger partial charge in [0, 0.05) is 0 Å². The second kappa shape index (κ2) is 6.02. The normalized spacial score (nSPS) is 27.3. The first-order valence-corrected chi connectivity index (χ1v) is 5.50. The molecule has 2 atom stereocenters. The second-order valence-electron chi connectivity index (χ2n) is 4.34. The third-order valence-electron chi connectivity index (χ3n) is 2.98. The van der Waals surface area contributed by atoms with Crippen molar-refractivity contribution in [2.75, 3.05) is 20.2 Å². The van der Waals surface area contributed by atoms with Crippen LogP contribution in [0.3, 0.4) is 0 Å². The number of methoxy groups -OCH3 is 1. The summed E-state index contributed by atoms with van der Waals surface area (Å²) in [5.41, 5.74) is 0. The molecule has 14 heavy (non-hydrogen) atoms. The van der Waals surface area contributed by atoms with Crippen molar-refractivity contribution in [1.29, 1.82) is 0 Å². The standard InChI is InChI=1S/C11H21NO2/c1-9-4-3-5-10(6-9)7-12-8-11(13)14-2/h9-10,12H,3-8H2,1-2H3. The van der Waals surface area contributed by atoms with E-state index >= 15 is 0 Å². The molecule has 82 valence electrons. The fourth-order valence-electron chi connectivity index (χ4n) is 2.20. The van der Waals surface area contributed by atoms with Crippen molar-refractivity contribution in [2.24, 2.45) is 11.8 Å². The molecule has 0 aromatic rings. The monoisotopic (exact) mass is 199 g/mol. The Morgan fingerprint density at radius 2 is 2.29 bits per heavy atom. The van der Waals surface area contributed by atoms with Crippen LogP contribution in [0.15, 0.2) is 0 Å². The lowest BCUT2D eigenvalue weighted by atomic mass is 9.82. The summed E-state index contributed by atoms with van der Waals surface area (Å²) in [6, 6.07) is 0. The van der Waals surface area contributed by atoms with Crippen LogP contribution in [0.25, 0.3) is 0 Å². The summed E-state index contributed by atoms with van der Waals surface area (Å²) < 4.78 is 4.56. The van der Waals surface area contributed by atoms with Crippen molar-refractivity contribution in [3.05, 3.63) is 0 Å². The third-order valence-corrected chi connectivity index (χ3v) is 2.98. The Morgan fingerprint density at radius 1 is 1.50 bits per heavy atom. The number of nitrogens with one attached hydrogen (secondary N) is 1. The molecule has 0 bridgehead atoms. The maximum Gasteiger partial charge on any atom is 0.319 e. The molecule has 1 saturated carbocycles. The maximum atomic E-state index is 10.8. The van der Waals surface area contributed by atoms with Gasteiger partial charge in [0.1, 0.15) is 0 Å². The smallest absolute Gasteiger partial charge is 0.319 e. The van der Waals surface area contributed by atoms with Crippen molar-refractivity contribution in [3.63, 3.8) is 0 Å². The zero-order valence-electron chi connectivity index (χ0n) is 9.21. The van der Waals surface area contributed by atoms with Crippen LogP contribution < -0.4 is 5.32 Å². The first-order chi connectivity index (χ1) is 6.72. The summed E-state index contributed by atoms with van der Waals surface area (Å²) in [6.07, 6.45) is 5.31. The van der Waals surface area contributed by atoms with Gasteiger partial charge in [-0.2, -0.15) is 0 Å². The molecule has 0 aromatic carbocycles. The lowest BCUT2D eigenvalue weighted by Gasteiger charge is -2.26. The molecule has 1 aliphatic rings. The van der Waals surface area contributed by atoms with Crippen molar-refractivity contribution in [3.8, 4) is 0 Å². The van der Waals surface area contributed by atoms with Gasteiger partial charge in [-0.05, 0) is 31.2 Å². The maximum absolute atomic E-state index is 10.8. The summed E-state index contributed by atoms with van der Waals surface area (Å²) in [5.74, 6) is 1.44. The first kappa shape index (κ1) is 11.5. The number of ether oxygens (including phenoxy) is 1. The first-order valence-electron chi connectivity index (χ1n) is 5.50. The molecular formula is C11H21NO2. The van der Waals surface area contributed by atoms with Crippen molar-refractivity contribution in [1.82, 2.24) is 5.32 Å². The Bertz CT molecular complexity index is 182. The highest BCUT2D eigenvalue weighted by Gasteiger charge is 2.18. The average Bonchev–Trinajstić information content (AvgIpc) is 2.17. The third kappa shape index (κ3) is 4.09. The molecule has 1 aliphatic carbocycles. The predicted octanol–water partition coefficient (Wildman–Crippen LogP) is 1.58. The minimum absolute atomic E-state index is 0.172. The molecule has 1 N–H and O–H groups in total. The van der Waals surface area contributed by atoms with Gasteiger partial charge in [-0.15, -0.1) is 0 Å². The van der Waals surface area contributed by atoms with Crippen molar-refractivity contribution >= 4 is 5.97 Å². The fourth-order valence-corrected chi connectivity index (χ4v) is 2.20. The summed E-state index contributed by atoms with van der Waals surface area (Å²) >= 11 is 0. The fraction of sp³-hybridized carbons (Fsp3) is 0.909. The quantitative estimate of drug-likeness (QED) is 0.698. The number of rotatable bonds is 4. The van der Waals surface area contributed by atoms with Crippen LogP contribution in [-0.2, 0) is 9.53 Å². The Labute approximate surface area is 86.2 Å². The predicted molar refractivity (Wildman–Crippen MR) is 56.0 cm³/mol. The molecule has 0 aromatic heterocycles. The van der Waals surface area contributed by atoms with Crippen molar-refractivity contribution < 1.29 is 9.53 Å². The van der Waals surface area contributed by atoms with Gasteiger partial charge in [-0.1, -0.05) is 19.8 Å². The SMILES string of the molecule is COC(=O)CNCC1CCCC(C)C1. The lowest BCUT2D eigenvalue weighted by Crippen LogP contribution is -2.31. The van der Waals surface area contributed by atoms with Gasteiger partial charge in [-0.3, -0.25) is 4.79 Å². The molecular weight excluding hydrogens is 178 g/mol. The lowest BCUT2D eigenvalue weighted by molar-refractivity contribution is -0.139. The number of esters is 1. The average molecular weight is 199 g/mol. The number of hydrogen-bond acceptors (Lipinski definition) is 3. The summed E-state index contributed by atoms with van der Waals surface area (Å²) in [4.78, 5) is 10.8. The zero-order chi connectivity index (χ0) is 10.4. The highest BCUT2D eigenvalue weighted by Crippen LogP contribution is 2.27. The zero-order valence-corrected chi connectivity index (χ0v) is 9.21. The Hall–Kier alpha value is -0.570. The second-order valence-corrected chi connectivity index (χ2v) is 4.34. The van der Waals surface area contributed by atoms with Crippen molar-refractivity contribution in [2.45, 2.75) is 32.6 Å². The summed E-state index contributed by atoms with van der Waals surface area (Å²) in [5, 5.41) is 3.15. The van der Waals surface area contributed by atoms with Crippen LogP contribution >= 0.6 is 0 Å². The van der Waals surface area contributed by atoms with Gasteiger partial charge in [0.15, 0.2) is 0 Å². The highest BCUT2D eigenvalue weighted by molar-refractivity contribution is 5.71. The largest absolute Gasteiger partial charge is 0.468 e. The molecule has 0 radical (unpaired) electrons. The van der Waals surface area contributed by atoms with Gasteiger partial charge in [-0.25, -0.2) is 0 Å². The summed E-state index contributed by atoms with van der Waals surface area (Å²) in [7, 11) is 1.42. The summed E-state index contributed by atoms with van der Waals surface area (Å²) in [6.45, 7) is 3.62. The van der Waals surface area contributed by atoms with E-state index in [1.165, 1.54) is 32.8 Å². The highest BCUT2D eigenvalue weighted by atomic mass is 16.5. The number of hydrogen-bond donors (Lipinski definition) is 1. The molecule has 0 aliphatic heterocycles. The van der Waals surface area contributed by atoms with Gasteiger partial charge in [0.25, 0.3) is 0 Å². The van der Waals surface area contributed by atoms with E-state index in [-0.39, 0.29) is 5.97 Å². The number of carbonyl (C=O) groups excluding carboxylic acids is 1. The Kier molecular flexibility index (Phi) is 4.94. The van der Waals surface area contributed by atoms with Gasteiger partial charge in [0.2, 0.25) is 0 Å². The van der Waals surface area contributed by atoms with Crippen LogP contribution in [0.1, 0.15) is 32.6 Å². The van der Waals surface area contributed by atoms with E-state index in [9.17, 15) is 4.79 Å². The van der Waals surface area contributed by atoms with E-state index < -0.39 is 0 Å². The molecule has 1 rings (SSSR count). The molecule has 0 amide bonds. The minimum atomic E-state index is -0.172. The topological polar surface area (TPSA) is 38.3 Å². The van der Waals surface area contributed by atoms with Gasteiger partial charge in [0.05, 0.1) is 13.7 Å². The van der Waals surface area contributed by atoms with Gasteiger partial charge >= 0.3 is 5.97 Å². The van der Waals surface area contributed by atoms with E-state index in [2.05, 4.69) is 17.0 Å². The molecule has 3 heteroatoms. The van der Waals surface area contributed by atoms with Crippen LogP contribution in [0.4, 0.5) is 0 Å². The molecule has 0 saturated heterocycles. The van der Waals surface area contributed by atoms with Gasteiger partial charge < -0.3 is 10.1 Å². The molecule has 1 fully saturated rings. The van der Waals surface area contributed by atoms with Crippen LogP contribution in [-0.4, -0.2) is 26.2 Å². The molecule has 2 unspecified atom stereocenters. The minimum Gasteiger partial charge on any atom is -0.468 e. The van der Waals surface area contributed by atoms with E-state index in [1.807, 2.05) is 0 Å². The van der Waals surface area contributed by atoms with E-state index in [1.54, 1.807) is 0 Å². The van der Waals surface area contributed by atoms with Crippen LogP contribution in [0, 0.1) is 11.8 Å². The number of carbonyl (C=O) groups is 1. The molecule has 0 spiro atoms. The van der Waals surface area contributed by atoms with E-state index in [0.717, 1.165) is 18.4 Å². The van der Waals surface area contributed by atoms with Crippen LogP contribution in [0.5, 0.6) is 0 Å². The van der Waals surface area contributed by atoms with Crippen LogP contribution in [0.2, 0.25) is 0 Å². The molecule has 3 nitrogen and oxygen atoms in total. The Morgan fingerprint density at radius 3 is 2.93 bits per heavy atom. The molecule has 0 heterocycles. The van der Waals surface area contributed by atoms with E-state index in [0.29, 0.717) is 6.54 Å². The Balaban J connectivity index is 2.08. The van der Waals surface area contributed by atoms with E-state index in [4.69, 9.17) is 0 Å².